The van der Waals surface area contributed by atoms with Crippen LogP contribution in [0.2, 0.25) is 0 Å². The Morgan fingerprint density at radius 2 is 2.16 bits per heavy atom. The van der Waals surface area contributed by atoms with Gasteiger partial charge in [-0.1, -0.05) is 25.5 Å². The second kappa shape index (κ2) is 6.80. The molecule has 0 spiro atoms. The highest BCUT2D eigenvalue weighted by Crippen LogP contribution is 2.35. The summed E-state index contributed by atoms with van der Waals surface area (Å²) >= 11 is 0. The number of methoxy groups -OCH3 is 1. The summed E-state index contributed by atoms with van der Waals surface area (Å²) in [6.07, 6.45) is 5.23. The van der Waals surface area contributed by atoms with Gasteiger partial charge in [-0.2, -0.15) is 0 Å². The molecule has 0 bridgehead atoms. The SMILES string of the molecule is CNCc1cccc(OC)c1OC1CCCC(C)C1. The zero-order valence-electron chi connectivity index (χ0n) is 12.2. The van der Waals surface area contributed by atoms with Crippen LogP contribution in [0.3, 0.4) is 0 Å². The minimum absolute atomic E-state index is 0.329. The van der Waals surface area contributed by atoms with Crippen LogP contribution < -0.4 is 14.8 Å². The van der Waals surface area contributed by atoms with Gasteiger partial charge in [0.1, 0.15) is 0 Å². The van der Waals surface area contributed by atoms with Gasteiger partial charge in [0.05, 0.1) is 13.2 Å². The molecule has 0 radical (unpaired) electrons. The molecule has 3 nitrogen and oxygen atoms in total. The number of para-hydroxylation sites is 1. The molecule has 106 valence electrons. The molecule has 0 heterocycles. The first-order valence-corrected chi connectivity index (χ1v) is 7.21. The Labute approximate surface area is 116 Å². The highest BCUT2D eigenvalue weighted by atomic mass is 16.5. The number of ether oxygens (including phenoxy) is 2. The number of hydrogen-bond donors (Lipinski definition) is 1. The minimum Gasteiger partial charge on any atom is -0.493 e. The van der Waals surface area contributed by atoms with E-state index in [-0.39, 0.29) is 0 Å². The third-order valence-electron chi connectivity index (χ3n) is 3.82. The Morgan fingerprint density at radius 3 is 2.84 bits per heavy atom. The van der Waals surface area contributed by atoms with E-state index in [1.807, 2.05) is 19.2 Å². The van der Waals surface area contributed by atoms with Gasteiger partial charge in [0, 0.05) is 12.1 Å². The monoisotopic (exact) mass is 263 g/mol. The van der Waals surface area contributed by atoms with Gasteiger partial charge in [0.15, 0.2) is 11.5 Å². The zero-order valence-corrected chi connectivity index (χ0v) is 12.2. The Bertz CT molecular complexity index is 406. The number of rotatable bonds is 5. The summed E-state index contributed by atoms with van der Waals surface area (Å²) in [6.45, 7) is 3.11. The standard InChI is InChI=1S/C16H25NO2/c1-12-6-4-8-14(10-12)19-16-13(11-17-2)7-5-9-15(16)18-3/h5,7,9,12,14,17H,4,6,8,10-11H2,1-3H3. The maximum Gasteiger partial charge on any atom is 0.166 e. The van der Waals surface area contributed by atoms with Crippen molar-refractivity contribution < 1.29 is 9.47 Å². The summed E-state index contributed by atoms with van der Waals surface area (Å²) in [6, 6.07) is 6.09. The lowest BCUT2D eigenvalue weighted by Gasteiger charge is -2.28. The molecule has 1 N–H and O–H groups in total. The van der Waals surface area contributed by atoms with Crippen LogP contribution in [0.25, 0.3) is 0 Å². The summed E-state index contributed by atoms with van der Waals surface area (Å²) in [7, 11) is 3.65. The summed E-state index contributed by atoms with van der Waals surface area (Å²) in [4.78, 5) is 0. The van der Waals surface area contributed by atoms with Gasteiger partial charge in [0.25, 0.3) is 0 Å². The molecule has 1 aliphatic rings. The minimum atomic E-state index is 0.329. The van der Waals surface area contributed by atoms with Crippen molar-refractivity contribution in [2.24, 2.45) is 5.92 Å². The van der Waals surface area contributed by atoms with E-state index < -0.39 is 0 Å². The molecular formula is C16H25NO2. The molecule has 3 heteroatoms. The van der Waals surface area contributed by atoms with Crippen molar-refractivity contribution in [2.75, 3.05) is 14.2 Å². The number of benzene rings is 1. The van der Waals surface area contributed by atoms with Crippen LogP contribution in [0.15, 0.2) is 18.2 Å². The van der Waals surface area contributed by atoms with Crippen LogP contribution in [0, 0.1) is 5.92 Å². The fourth-order valence-corrected chi connectivity index (χ4v) is 2.84. The average Bonchev–Trinajstić information content (AvgIpc) is 2.41. The molecule has 1 saturated carbocycles. The largest absolute Gasteiger partial charge is 0.493 e. The molecular weight excluding hydrogens is 238 g/mol. The van der Waals surface area contributed by atoms with E-state index in [9.17, 15) is 0 Å². The highest BCUT2D eigenvalue weighted by Gasteiger charge is 2.22. The normalized spacial score (nSPS) is 23.1. The number of nitrogens with one attached hydrogen (secondary N) is 1. The van der Waals surface area contributed by atoms with Crippen LogP contribution in [-0.4, -0.2) is 20.3 Å². The van der Waals surface area contributed by atoms with Gasteiger partial charge in [-0.15, -0.1) is 0 Å². The van der Waals surface area contributed by atoms with Crippen molar-refractivity contribution in [1.29, 1.82) is 0 Å². The van der Waals surface area contributed by atoms with E-state index in [1.54, 1.807) is 7.11 Å². The first kappa shape index (κ1) is 14.2. The summed E-state index contributed by atoms with van der Waals surface area (Å²) in [5.74, 6) is 2.52. The van der Waals surface area contributed by atoms with E-state index >= 15 is 0 Å². The Kier molecular flexibility index (Phi) is 5.08. The van der Waals surface area contributed by atoms with Gasteiger partial charge in [-0.3, -0.25) is 0 Å². The smallest absolute Gasteiger partial charge is 0.166 e. The fourth-order valence-electron chi connectivity index (χ4n) is 2.84. The maximum atomic E-state index is 6.27. The van der Waals surface area contributed by atoms with E-state index in [0.717, 1.165) is 36.8 Å². The van der Waals surface area contributed by atoms with Crippen LogP contribution in [0.4, 0.5) is 0 Å². The van der Waals surface area contributed by atoms with Crippen molar-refractivity contribution >= 4 is 0 Å². The Morgan fingerprint density at radius 1 is 1.32 bits per heavy atom. The topological polar surface area (TPSA) is 30.5 Å². The third kappa shape index (κ3) is 3.63. The second-order valence-electron chi connectivity index (χ2n) is 5.49. The van der Waals surface area contributed by atoms with Crippen LogP contribution in [0.5, 0.6) is 11.5 Å². The summed E-state index contributed by atoms with van der Waals surface area (Å²) in [5.41, 5.74) is 1.17. The van der Waals surface area contributed by atoms with Gasteiger partial charge in [-0.25, -0.2) is 0 Å². The molecule has 0 aromatic heterocycles. The lowest BCUT2D eigenvalue weighted by atomic mass is 9.88. The van der Waals surface area contributed by atoms with Crippen molar-refractivity contribution in [3.05, 3.63) is 23.8 Å². The Hall–Kier alpha value is -1.22. The lowest BCUT2D eigenvalue weighted by molar-refractivity contribution is 0.123. The predicted octanol–water partition coefficient (Wildman–Crippen LogP) is 3.37. The molecule has 2 rings (SSSR count). The molecule has 19 heavy (non-hydrogen) atoms. The summed E-state index contributed by atoms with van der Waals surface area (Å²) in [5, 5.41) is 3.19. The zero-order chi connectivity index (χ0) is 13.7. The highest BCUT2D eigenvalue weighted by molar-refractivity contribution is 5.46. The van der Waals surface area contributed by atoms with Crippen molar-refractivity contribution in [3.8, 4) is 11.5 Å². The van der Waals surface area contributed by atoms with E-state index in [4.69, 9.17) is 9.47 Å². The predicted molar refractivity (Wildman–Crippen MR) is 77.8 cm³/mol. The molecule has 1 aromatic rings. The molecule has 1 aliphatic carbocycles. The summed E-state index contributed by atoms with van der Waals surface area (Å²) < 4.78 is 11.7. The third-order valence-corrected chi connectivity index (χ3v) is 3.82. The molecule has 0 saturated heterocycles. The molecule has 0 amide bonds. The second-order valence-corrected chi connectivity index (χ2v) is 5.49. The van der Waals surface area contributed by atoms with Gasteiger partial charge < -0.3 is 14.8 Å². The molecule has 2 atom stereocenters. The van der Waals surface area contributed by atoms with Crippen LogP contribution in [-0.2, 0) is 6.54 Å². The first-order chi connectivity index (χ1) is 9.24. The van der Waals surface area contributed by atoms with Crippen molar-refractivity contribution in [1.82, 2.24) is 5.32 Å². The molecule has 1 aromatic carbocycles. The van der Waals surface area contributed by atoms with Crippen molar-refractivity contribution in [3.63, 3.8) is 0 Å². The average molecular weight is 263 g/mol. The fraction of sp³-hybridized carbons (Fsp3) is 0.625. The van der Waals surface area contributed by atoms with E-state index in [2.05, 4.69) is 18.3 Å². The maximum absolute atomic E-state index is 6.27. The van der Waals surface area contributed by atoms with E-state index in [1.165, 1.54) is 18.4 Å². The quantitative estimate of drug-likeness (QED) is 0.883. The van der Waals surface area contributed by atoms with Crippen LogP contribution in [0.1, 0.15) is 38.2 Å². The first-order valence-electron chi connectivity index (χ1n) is 7.21. The number of hydrogen-bond acceptors (Lipinski definition) is 3. The van der Waals surface area contributed by atoms with Crippen molar-refractivity contribution in [2.45, 2.75) is 45.3 Å². The van der Waals surface area contributed by atoms with Gasteiger partial charge in [0.2, 0.25) is 0 Å². The molecule has 2 unspecified atom stereocenters. The molecule has 0 aliphatic heterocycles. The Balaban J connectivity index is 2.16. The van der Waals surface area contributed by atoms with E-state index in [0.29, 0.717) is 6.10 Å². The molecule has 1 fully saturated rings. The lowest BCUT2D eigenvalue weighted by Crippen LogP contribution is -2.25. The van der Waals surface area contributed by atoms with Gasteiger partial charge >= 0.3 is 0 Å². The van der Waals surface area contributed by atoms with Gasteiger partial charge in [-0.05, 0) is 38.3 Å². The van der Waals surface area contributed by atoms with Crippen LogP contribution >= 0.6 is 0 Å².